The molecule has 1 aromatic heterocycles. The van der Waals surface area contributed by atoms with Crippen LogP contribution in [0.25, 0.3) is 6.08 Å². The Balaban J connectivity index is 2.02. The minimum atomic E-state index is -0.701. The number of benzene rings is 1. The van der Waals surface area contributed by atoms with Crippen molar-refractivity contribution in [2.45, 2.75) is 0 Å². The fourth-order valence-electron chi connectivity index (χ4n) is 2.54. The van der Waals surface area contributed by atoms with E-state index in [-0.39, 0.29) is 11.5 Å². The molecule has 7 nitrogen and oxygen atoms in total. The van der Waals surface area contributed by atoms with E-state index in [9.17, 15) is 19.2 Å². The minimum absolute atomic E-state index is 0.176. The number of aromatic nitrogens is 1. The average molecular weight is 337 g/mol. The molecule has 0 spiro atoms. The summed E-state index contributed by atoms with van der Waals surface area (Å²) in [5.41, 5.74) is 0.677. The molecular formula is C18H15N3O4. The molecule has 0 unspecified atom stereocenters. The van der Waals surface area contributed by atoms with Crippen molar-refractivity contribution in [1.29, 1.82) is 0 Å². The van der Waals surface area contributed by atoms with Crippen LogP contribution in [-0.2, 0) is 9.59 Å². The van der Waals surface area contributed by atoms with Crippen LogP contribution >= 0.6 is 0 Å². The molecule has 1 fully saturated rings. The van der Waals surface area contributed by atoms with Crippen molar-refractivity contribution in [2.75, 3.05) is 14.1 Å². The maximum atomic E-state index is 12.6. The van der Waals surface area contributed by atoms with Crippen LogP contribution in [0.4, 0.5) is 4.79 Å². The maximum absolute atomic E-state index is 12.6. The molecule has 25 heavy (non-hydrogen) atoms. The summed E-state index contributed by atoms with van der Waals surface area (Å²) in [5.74, 6) is -1.69. The first kappa shape index (κ1) is 16.4. The van der Waals surface area contributed by atoms with Gasteiger partial charge in [-0.15, -0.1) is 0 Å². The monoisotopic (exact) mass is 337 g/mol. The van der Waals surface area contributed by atoms with E-state index in [2.05, 4.69) is 0 Å². The van der Waals surface area contributed by atoms with Crippen LogP contribution in [0.15, 0.2) is 54.2 Å². The molecule has 2 heterocycles. The van der Waals surface area contributed by atoms with Gasteiger partial charge in [-0.25, -0.2) is 4.79 Å². The summed E-state index contributed by atoms with van der Waals surface area (Å²) in [5, 5.41) is 0. The van der Waals surface area contributed by atoms with Crippen LogP contribution in [0.2, 0.25) is 0 Å². The van der Waals surface area contributed by atoms with Crippen LogP contribution < -0.4 is 0 Å². The zero-order chi connectivity index (χ0) is 18.1. The van der Waals surface area contributed by atoms with Gasteiger partial charge in [-0.3, -0.25) is 28.8 Å². The molecule has 0 saturated carbocycles. The van der Waals surface area contributed by atoms with Crippen molar-refractivity contribution in [3.8, 4) is 0 Å². The van der Waals surface area contributed by atoms with Crippen molar-refractivity contribution in [3.05, 3.63) is 65.5 Å². The largest absolute Gasteiger partial charge is 0.333 e. The second kappa shape index (κ2) is 6.20. The number of urea groups is 1. The number of likely N-dealkylation sites (N-methyl/N-ethyl adjacent to an activating group) is 2. The third kappa shape index (κ3) is 2.76. The smallest absolute Gasteiger partial charge is 0.284 e. The van der Waals surface area contributed by atoms with Gasteiger partial charge in [0, 0.05) is 31.5 Å². The van der Waals surface area contributed by atoms with Crippen molar-refractivity contribution in [3.63, 3.8) is 0 Å². The highest BCUT2D eigenvalue weighted by Gasteiger charge is 2.38. The lowest BCUT2D eigenvalue weighted by Gasteiger charge is -2.28. The molecule has 1 aromatic carbocycles. The van der Waals surface area contributed by atoms with E-state index in [4.69, 9.17) is 0 Å². The van der Waals surface area contributed by atoms with Gasteiger partial charge in [0.15, 0.2) is 0 Å². The molecule has 126 valence electrons. The van der Waals surface area contributed by atoms with Crippen LogP contribution in [0.5, 0.6) is 0 Å². The Morgan fingerprint density at radius 3 is 2.08 bits per heavy atom. The fourth-order valence-corrected chi connectivity index (χ4v) is 2.54. The van der Waals surface area contributed by atoms with E-state index in [1.807, 2.05) is 0 Å². The molecule has 0 bridgehead atoms. The van der Waals surface area contributed by atoms with Crippen molar-refractivity contribution in [1.82, 2.24) is 14.4 Å². The molecule has 0 aliphatic carbocycles. The number of nitrogens with zero attached hydrogens (tertiary/aromatic N) is 3. The number of rotatable bonds is 2. The normalized spacial score (nSPS) is 15.0. The SMILES string of the molecule is CN1C(=O)C(=Cc2cccn2C(=O)c2ccccc2)C(=O)N(C)C1=O. The third-order valence-electron chi connectivity index (χ3n) is 3.96. The molecule has 2 aromatic rings. The summed E-state index contributed by atoms with van der Waals surface area (Å²) in [7, 11) is 2.60. The Morgan fingerprint density at radius 2 is 1.48 bits per heavy atom. The second-order valence-electron chi connectivity index (χ2n) is 5.54. The van der Waals surface area contributed by atoms with Crippen LogP contribution in [0.3, 0.4) is 0 Å². The molecule has 1 aliphatic rings. The van der Waals surface area contributed by atoms with E-state index in [0.717, 1.165) is 9.80 Å². The van der Waals surface area contributed by atoms with Gasteiger partial charge < -0.3 is 0 Å². The average Bonchev–Trinajstić information content (AvgIpc) is 3.10. The first-order chi connectivity index (χ1) is 11.9. The Bertz CT molecular complexity index is 885. The lowest BCUT2D eigenvalue weighted by Crippen LogP contribution is -2.52. The third-order valence-corrected chi connectivity index (χ3v) is 3.96. The Kier molecular flexibility index (Phi) is 4.06. The summed E-state index contributed by atoms with van der Waals surface area (Å²) in [6.45, 7) is 0. The highest BCUT2D eigenvalue weighted by molar-refractivity contribution is 6.30. The van der Waals surface area contributed by atoms with Gasteiger partial charge in [-0.1, -0.05) is 18.2 Å². The molecule has 3 rings (SSSR count). The molecule has 1 saturated heterocycles. The molecule has 0 atom stereocenters. The molecule has 1 aliphatic heterocycles. The molecule has 0 N–H and O–H groups in total. The maximum Gasteiger partial charge on any atom is 0.333 e. The number of amides is 4. The molecule has 0 radical (unpaired) electrons. The molecule has 4 amide bonds. The Morgan fingerprint density at radius 1 is 0.880 bits per heavy atom. The van der Waals surface area contributed by atoms with Gasteiger partial charge in [0.25, 0.3) is 17.7 Å². The second-order valence-corrected chi connectivity index (χ2v) is 5.54. The highest BCUT2D eigenvalue weighted by atomic mass is 16.2. The van der Waals surface area contributed by atoms with Gasteiger partial charge in [0.2, 0.25) is 0 Å². The van der Waals surface area contributed by atoms with Crippen molar-refractivity contribution >= 4 is 29.8 Å². The van der Waals surface area contributed by atoms with E-state index in [0.29, 0.717) is 11.3 Å². The van der Waals surface area contributed by atoms with Crippen LogP contribution in [0.1, 0.15) is 16.1 Å². The van der Waals surface area contributed by atoms with E-state index in [1.165, 1.54) is 24.7 Å². The number of carbonyl (C=O) groups is 4. The number of imide groups is 2. The fraction of sp³-hybridized carbons (Fsp3) is 0.111. The minimum Gasteiger partial charge on any atom is -0.284 e. The first-order valence-electron chi connectivity index (χ1n) is 7.50. The summed E-state index contributed by atoms with van der Waals surface area (Å²) in [4.78, 5) is 50.6. The number of hydrogen-bond acceptors (Lipinski definition) is 4. The number of barbiturate groups is 1. The topological polar surface area (TPSA) is 79.7 Å². The predicted octanol–water partition coefficient (Wildman–Crippen LogP) is 1.61. The van der Waals surface area contributed by atoms with E-state index in [1.54, 1.807) is 48.7 Å². The quantitative estimate of drug-likeness (QED) is 0.616. The predicted molar refractivity (Wildman–Crippen MR) is 89.5 cm³/mol. The van der Waals surface area contributed by atoms with Gasteiger partial charge >= 0.3 is 6.03 Å². The summed E-state index contributed by atoms with van der Waals surface area (Å²) < 4.78 is 1.35. The van der Waals surface area contributed by atoms with E-state index < -0.39 is 17.8 Å². The lowest BCUT2D eigenvalue weighted by atomic mass is 10.1. The number of hydrogen-bond donors (Lipinski definition) is 0. The zero-order valence-electron chi connectivity index (χ0n) is 13.7. The summed E-state index contributed by atoms with van der Waals surface area (Å²) >= 11 is 0. The first-order valence-corrected chi connectivity index (χ1v) is 7.50. The summed E-state index contributed by atoms with van der Waals surface area (Å²) in [6, 6.07) is 11.2. The van der Waals surface area contributed by atoms with Crippen LogP contribution in [0, 0.1) is 0 Å². The lowest BCUT2D eigenvalue weighted by molar-refractivity contribution is -0.134. The van der Waals surface area contributed by atoms with E-state index >= 15 is 0 Å². The van der Waals surface area contributed by atoms with Gasteiger partial charge in [-0.05, 0) is 30.3 Å². The van der Waals surface area contributed by atoms with Crippen molar-refractivity contribution < 1.29 is 19.2 Å². The highest BCUT2D eigenvalue weighted by Crippen LogP contribution is 2.19. The van der Waals surface area contributed by atoms with Gasteiger partial charge in [0.05, 0.1) is 0 Å². The standard InChI is InChI=1S/C18H15N3O4/c1-19-16(23)14(17(24)20(2)18(19)25)11-13-9-6-10-21(13)15(22)12-7-4-3-5-8-12/h3-11H,1-2H3. The Labute approximate surface area is 143 Å². The molecular weight excluding hydrogens is 322 g/mol. The van der Waals surface area contributed by atoms with Gasteiger partial charge in [0.1, 0.15) is 5.57 Å². The summed E-state index contributed by atoms with van der Waals surface area (Å²) in [6.07, 6.45) is 2.88. The zero-order valence-corrected chi connectivity index (χ0v) is 13.7. The molecule has 7 heteroatoms. The van der Waals surface area contributed by atoms with Crippen LogP contribution in [-0.4, -0.2) is 52.2 Å². The van der Waals surface area contributed by atoms with Gasteiger partial charge in [-0.2, -0.15) is 0 Å². The van der Waals surface area contributed by atoms with Crippen molar-refractivity contribution in [2.24, 2.45) is 0 Å². The Hall–Kier alpha value is -3.48. The number of carbonyl (C=O) groups excluding carboxylic acids is 4.